The van der Waals surface area contributed by atoms with Crippen LogP contribution in [0.3, 0.4) is 0 Å². The van der Waals surface area contributed by atoms with Gasteiger partial charge in [0.1, 0.15) is 0 Å². The number of anilines is 1. The fourth-order valence-corrected chi connectivity index (χ4v) is 3.39. The Morgan fingerprint density at radius 2 is 2.47 bits per heavy atom. The highest BCUT2D eigenvalue weighted by atomic mass is 32.2. The van der Waals surface area contributed by atoms with Crippen molar-refractivity contribution in [2.75, 3.05) is 17.6 Å². The summed E-state index contributed by atoms with van der Waals surface area (Å²) >= 11 is 2.05. The molecule has 0 aromatic carbocycles. The Balaban J connectivity index is 1.72. The van der Waals surface area contributed by atoms with Crippen molar-refractivity contribution in [3.63, 3.8) is 0 Å². The zero-order valence-corrected chi connectivity index (χ0v) is 10.7. The summed E-state index contributed by atoms with van der Waals surface area (Å²) in [5.41, 5.74) is 0.888. The molecule has 0 amide bonds. The fourth-order valence-electron chi connectivity index (χ4n) is 2.15. The third-order valence-electron chi connectivity index (χ3n) is 3.16. The van der Waals surface area contributed by atoms with Crippen molar-refractivity contribution in [3.8, 4) is 0 Å². The lowest BCUT2D eigenvalue weighted by Crippen LogP contribution is -2.27. The van der Waals surface area contributed by atoms with E-state index in [2.05, 4.69) is 22.3 Å². The van der Waals surface area contributed by atoms with Crippen molar-refractivity contribution in [1.29, 1.82) is 0 Å². The number of rotatable bonds is 3. The Kier molecular flexibility index (Phi) is 2.70. The topological polar surface area (TPSA) is 42.2 Å². The van der Waals surface area contributed by atoms with Crippen molar-refractivity contribution in [3.05, 3.63) is 24.4 Å². The first-order chi connectivity index (χ1) is 8.25. The van der Waals surface area contributed by atoms with E-state index in [1.165, 1.54) is 18.6 Å². The lowest BCUT2D eigenvalue weighted by molar-refractivity contribution is 0.632. The molecular formula is C12H16N4S. The van der Waals surface area contributed by atoms with Gasteiger partial charge in [-0.25, -0.2) is 4.52 Å². The van der Waals surface area contributed by atoms with Gasteiger partial charge >= 0.3 is 0 Å². The number of thioether (sulfide) groups is 1. The van der Waals surface area contributed by atoms with Gasteiger partial charge in [0.2, 0.25) is 5.95 Å². The number of aromatic nitrogens is 3. The summed E-state index contributed by atoms with van der Waals surface area (Å²) in [7, 11) is 0. The number of nitrogens with zero attached hydrogens (tertiary/aromatic N) is 3. The summed E-state index contributed by atoms with van der Waals surface area (Å²) < 4.78 is 2.14. The van der Waals surface area contributed by atoms with Crippen LogP contribution in [0.25, 0.3) is 5.65 Å². The van der Waals surface area contributed by atoms with E-state index in [4.69, 9.17) is 0 Å². The van der Waals surface area contributed by atoms with Gasteiger partial charge in [0.25, 0.3) is 0 Å². The number of nitrogens with one attached hydrogen (secondary N) is 1. The summed E-state index contributed by atoms with van der Waals surface area (Å²) in [5.74, 6) is 2.00. The van der Waals surface area contributed by atoms with Crippen LogP contribution < -0.4 is 5.32 Å². The Bertz CT molecular complexity index is 483. The van der Waals surface area contributed by atoms with Crippen molar-refractivity contribution in [2.24, 2.45) is 0 Å². The Hall–Kier alpha value is -1.23. The highest BCUT2D eigenvalue weighted by Gasteiger charge is 2.29. The SMILES string of the molecule is CC1(CNc2nc3ccccn3n2)CCCS1. The van der Waals surface area contributed by atoms with Crippen LogP contribution >= 0.6 is 11.8 Å². The summed E-state index contributed by atoms with van der Waals surface area (Å²) in [6, 6.07) is 5.89. The van der Waals surface area contributed by atoms with Gasteiger partial charge in [0.15, 0.2) is 5.65 Å². The Labute approximate surface area is 105 Å². The van der Waals surface area contributed by atoms with E-state index < -0.39 is 0 Å². The Morgan fingerprint density at radius 3 is 3.24 bits per heavy atom. The van der Waals surface area contributed by atoms with E-state index in [0.717, 1.165) is 18.1 Å². The summed E-state index contributed by atoms with van der Waals surface area (Å²) in [4.78, 5) is 4.44. The molecule has 4 nitrogen and oxygen atoms in total. The molecule has 0 radical (unpaired) electrons. The maximum Gasteiger partial charge on any atom is 0.243 e. The highest BCUT2D eigenvalue weighted by molar-refractivity contribution is 8.00. The van der Waals surface area contributed by atoms with Gasteiger partial charge in [-0.05, 0) is 37.7 Å². The molecule has 3 heterocycles. The van der Waals surface area contributed by atoms with Crippen LogP contribution in [0.4, 0.5) is 5.95 Å². The van der Waals surface area contributed by atoms with Crippen LogP contribution in [0.5, 0.6) is 0 Å². The number of hydrogen-bond donors (Lipinski definition) is 1. The molecule has 0 bridgehead atoms. The van der Waals surface area contributed by atoms with Gasteiger partial charge in [-0.1, -0.05) is 6.07 Å². The first-order valence-electron chi connectivity index (χ1n) is 5.94. The lowest BCUT2D eigenvalue weighted by Gasteiger charge is -2.22. The second-order valence-electron chi connectivity index (χ2n) is 4.69. The van der Waals surface area contributed by atoms with Crippen molar-refractivity contribution < 1.29 is 0 Å². The third-order valence-corrected chi connectivity index (χ3v) is 4.70. The average molecular weight is 248 g/mol. The predicted molar refractivity (Wildman–Crippen MR) is 71.6 cm³/mol. The van der Waals surface area contributed by atoms with Gasteiger partial charge in [-0.3, -0.25) is 0 Å². The van der Waals surface area contributed by atoms with E-state index in [0.29, 0.717) is 4.75 Å². The molecule has 17 heavy (non-hydrogen) atoms. The van der Waals surface area contributed by atoms with Crippen LogP contribution in [0.15, 0.2) is 24.4 Å². The minimum atomic E-state index is 0.345. The van der Waals surface area contributed by atoms with Crippen molar-refractivity contribution in [2.45, 2.75) is 24.5 Å². The zero-order chi connectivity index (χ0) is 11.7. The molecule has 2 aromatic heterocycles. The number of hydrogen-bond acceptors (Lipinski definition) is 4. The minimum Gasteiger partial charge on any atom is -0.352 e. The summed E-state index contributed by atoms with van der Waals surface area (Å²) in [6.45, 7) is 3.25. The normalized spacial score (nSPS) is 24.3. The molecule has 90 valence electrons. The first-order valence-corrected chi connectivity index (χ1v) is 6.93. The second kappa shape index (κ2) is 4.22. The first kappa shape index (κ1) is 10.9. The summed E-state index contributed by atoms with van der Waals surface area (Å²) in [5, 5.41) is 7.74. The van der Waals surface area contributed by atoms with Crippen LogP contribution in [0, 0.1) is 0 Å². The summed E-state index contributed by atoms with van der Waals surface area (Å²) in [6.07, 6.45) is 4.51. The van der Waals surface area contributed by atoms with Gasteiger partial charge < -0.3 is 5.32 Å². The average Bonchev–Trinajstić information content (AvgIpc) is 2.93. The van der Waals surface area contributed by atoms with Crippen molar-refractivity contribution >= 4 is 23.4 Å². The van der Waals surface area contributed by atoms with Crippen LogP contribution in [-0.2, 0) is 0 Å². The second-order valence-corrected chi connectivity index (χ2v) is 6.38. The van der Waals surface area contributed by atoms with E-state index >= 15 is 0 Å². The maximum absolute atomic E-state index is 4.44. The third kappa shape index (κ3) is 2.24. The largest absolute Gasteiger partial charge is 0.352 e. The van der Waals surface area contributed by atoms with Gasteiger partial charge in [0, 0.05) is 17.5 Å². The molecule has 1 unspecified atom stereocenters. The molecule has 0 saturated carbocycles. The van der Waals surface area contributed by atoms with E-state index in [-0.39, 0.29) is 0 Å². The molecule has 2 aromatic rings. The predicted octanol–water partition coefficient (Wildman–Crippen LogP) is 2.43. The Morgan fingerprint density at radius 1 is 1.53 bits per heavy atom. The standard InChI is InChI=1S/C12H16N4S/c1-12(6-4-8-17-12)9-13-11-14-10-5-2-3-7-16(10)15-11/h2-3,5,7H,4,6,8-9H2,1H3,(H,13,15). The maximum atomic E-state index is 4.44. The number of pyridine rings is 1. The molecule has 0 aliphatic carbocycles. The lowest BCUT2D eigenvalue weighted by atomic mass is 10.1. The molecule has 3 rings (SSSR count). The smallest absolute Gasteiger partial charge is 0.243 e. The highest BCUT2D eigenvalue weighted by Crippen LogP contribution is 2.37. The zero-order valence-electron chi connectivity index (χ0n) is 9.89. The molecule has 1 aliphatic rings. The molecule has 1 N–H and O–H groups in total. The van der Waals surface area contributed by atoms with E-state index in [1.54, 1.807) is 4.52 Å². The molecule has 5 heteroatoms. The van der Waals surface area contributed by atoms with Gasteiger partial charge in [0.05, 0.1) is 0 Å². The minimum absolute atomic E-state index is 0.345. The van der Waals surface area contributed by atoms with E-state index in [9.17, 15) is 0 Å². The van der Waals surface area contributed by atoms with Crippen LogP contribution in [-0.4, -0.2) is 31.6 Å². The van der Waals surface area contributed by atoms with Crippen LogP contribution in [0.1, 0.15) is 19.8 Å². The monoisotopic (exact) mass is 248 g/mol. The molecule has 1 aliphatic heterocycles. The van der Waals surface area contributed by atoms with Gasteiger partial charge in [-0.15, -0.1) is 5.10 Å². The quantitative estimate of drug-likeness (QED) is 0.906. The molecule has 1 atom stereocenters. The molecule has 0 spiro atoms. The van der Waals surface area contributed by atoms with Crippen molar-refractivity contribution in [1.82, 2.24) is 14.6 Å². The number of fused-ring (bicyclic) bond motifs is 1. The van der Waals surface area contributed by atoms with Crippen LogP contribution in [0.2, 0.25) is 0 Å². The van der Waals surface area contributed by atoms with Gasteiger partial charge in [-0.2, -0.15) is 16.7 Å². The van der Waals surface area contributed by atoms with E-state index in [1.807, 2.05) is 36.2 Å². The molecule has 1 saturated heterocycles. The fraction of sp³-hybridized carbons (Fsp3) is 0.500. The molecule has 1 fully saturated rings. The molecular weight excluding hydrogens is 232 g/mol.